The van der Waals surface area contributed by atoms with E-state index in [1.807, 2.05) is 48.4 Å². The molecule has 5 heteroatoms. The minimum absolute atomic E-state index is 0.122. The molecule has 2 aromatic heterocycles. The number of amides is 1. The van der Waals surface area contributed by atoms with Crippen molar-refractivity contribution in [1.29, 1.82) is 0 Å². The number of likely N-dealkylation sites (N-methyl/N-ethyl adjacent to an activating group) is 1. The molecule has 1 aliphatic heterocycles. The summed E-state index contributed by atoms with van der Waals surface area (Å²) in [5.74, 6) is 0.122. The number of fused-ring (bicyclic) bond motifs is 1. The average Bonchev–Trinajstić information content (AvgIpc) is 3.09. The van der Waals surface area contributed by atoms with Gasteiger partial charge in [0.25, 0.3) is 5.91 Å². The smallest absolute Gasteiger partial charge is 0.270 e. The number of pyridine rings is 1. The molecule has 1 fully saturated rings. The lowest BCUT2D eigenvalue weighted by atomic mass is 10.0. The molecular formula is C23H28N4O. The van der Waals surface area contributed by atoms with E-state index in [1.54, 1.807) is 0 Å². The predicted octanol–water partition coefficient (Wildman–Crippen LogP) is 3.65. The van der Waals surface area contributed by atoms with Gasteiger partial charge in [-0.05, 0) is 50.6 Å². The number of hydrogen-bond acceptors (Lipinski definition) is 3. The van der Waals surface area contributed by atoms with Crippen LogP contribution in [0.4, 0.5) is 0 Å². The topological polar surface area (TPSA) is 52.2 Å². The SMILES string of the molecule is Cc1c(C(=O)N2CCC[C@H](N(C)CCc3ccccn3)C2)[nH]c2ccccc12. The summed E-state index contributed by atoms with van der Waals surface area (Å²) in [6.45, 7) is 4.60. The second-order valence-corrected chi connectivity index (χ2v) is 7.77. The average molecular weight is 377 g/mol. The van der Waals surface area contributed by atoms with E-state index in [2.05, 4.69) is 34.0 Å². The molecule has 0 saturated carbocycles. The van der Waals surface area contributed by atoms with E-state index in [-0.39, 0.29) is 5.91 Å². The van der Waals surface area contributed by atoms with Crippen molar-refractivity contribution >= 4 is 16.8 Å². The zero-order chi connectivity index (χ0) is 19.5. The van der Waals surface area contributed by atoms with Crippen LogP contribution in [0.2, 0.25) is 0 Å². The van der Waals surface area contributed by atoms with Crippen LogP contribution < -0.4 is 0 Å². The first-order valence-corrected chi connectivity index (χ1v) is 10.1. The monoisotopic (exact) mass is 376 g/mol. The highest BCUT2D eigenvalue weighted by molar-refractivity contribution is 6.00. The van der Waals surface area contributed by atoms with Crippen LogP contribution in [0.1, 0.15) is 34.6 Å². The van der Waals surface area contributed by atoms with E-state index in [0.29, 0.717) is 6.04 Å². The number of aromatic amines is 1. The Bertz CT molecular complexity index is 950. The Hall–Kier alpha value is -2.66. The van der Waals surface area contributed by atoms with Crippen molar-refractivity contribution in [3.8, 4) is 0 Å². The van der Waals surface area contributed by atoms with Gasteiger partial charge < -0.3 is 14.8 Å². The molecule has 3 heterocycles. The maximum absolute atomic E-state index is 13.2. The van der Waals surface area contributed by atoms with Gasteiger partial charge in [-0.3, -0.25) is 9.78 Å². The van der Waals surface area contributed by atoms with Crippen molar-refractivity contribution in [3.63, 3.8) is 0 Å². The summed E-state index contributed by atoms with van der Waals surface area (Å²) >= 11 is 0. The molecule has 146 valence electrons. The number of H-pyrrole nitrogens is 1. The fraction of sp³-hybridized carbons (Fsp3) is 0.391. The van der Waals surface area contributed by atoms with E-state index in [9.17, 15) is 4.79 Å². The minimum Gasteiger partial charge on any atom is -0.350 e. The summed E-state index contributed by atoms with van der Waals surface area (Å²) in [5.41, 5.74) is 3.93. The normalized spacial score (nSPS) is 17.4. The number of para-hydroxylation sites is 1. The van der Waals surface area contributed by atoms with E-state index >= 15 is 0 Å². The minimum atomic E-state index is 0.122. The molecule has 1 amide bonds. The fourth-order valence-electron chi connectivity index (χ4n) is 4.17. The standard InChI is InChI=1S/C23H28N4O/c1-17-20-10-3-4-11-21(20)25-22(17)23(28)27-14-7-9-19(16-27)26(2)15-12-18-8-5-6-13-24-18/h3-6,8,10-11,13,19,25H,7,9,12,14-16H2,1-2H3/t19-/m0/s1. The summed E-state index contributed by atoms with van der Waals surface area (Å²) in [6.07, 6.45) is 4.96. The molecule has 1 aromatic carbocycles. The van der Waals surface area contributed by atoms with Crippen LogP contribution in [-0.4, -0.2) is 58.4 Å². The van der Waals surface area contributed by atoms with Gasteiger partial charge in [-0.15, -0.1) is 0 Å². The Kier molecular flexibility index (Phi) is 5.44. The molecule has 1 atom stereocenters. The van der Waals surface area contributed by atoms with Crippen molar-refractivity contribution in [1.82, 2.24) is 19.8 Å². The van der Waals surface area contributed by atoms with Crippen LogP contribution in [0, 0.1) is 6.92 Å². The van der Waals surface area contributed by atoms with Crippen LogP contribution in [0.5, 0.6) is 0 Å². The number of carbonyl (C=O) groups excluding carboxylic acids is 1. The molecule has 0 spiro atoms. The van der Waals surface area contributed by atoms with Crippen LogP contribution in [0.3, 0.4) is 0 Å². The first-order valence-electron chi connectivity index (χ1n) is 10.1. The number of aryl methyl sites for hydroxylation is 1. The van der Waals surface area contributed by atoms with Crippen molar-refractivity contribution in [2.75, 3.05) is 26.7 Å². The third kappa shape index (κ3) is 3.80. The maximum Gasteiger partial charge on any atom is 0.270 e. The van der Waals surface area contributed by atoms with Gasteiger partial charge in [0, 0.05) is 54.9 Å². The lowest BCUT2D eigenvalue weighted by Crippen LogP contribution is -2.49. The summed E-state index contributed by atoms with van der Waals surface area (Å²) in [6, 6.07) is 14.6. The Labute approximate surface area is 166 Å². The zero-order valence-corrected chi connectivity index (χ0v) is 16.7. The van der Waals surface area contributed by atoms with Gasteiger partial charge in [0.1, 0.15) is 5.69 Å². The largest absolute Gasteiger partial charge is 0.350 e. The van der Waals surface area contributed by atoms with E-state index in [4.69, 9.17) is 0 Å². The number of benzene rings is 1. The van der Waals surface area contributed by atoms with Crippen LogP contribution in [-0.2, 0) is 6.42 Å². The van der Waals surface area contributed by atoms with Gasteiger partial charge in [-0.25, -0.2) is 0 Å². The first kappa shape index (κ1) is 18.7. The Morgan fingerprint density at radius 2 is 2.07 bits per heavy atom. The summed E-state index contributed by atoms with van der Waals surface area (Å²) in [5, 5.41) is 1.13. The third-order valence-electron chi connectivity index (χ3n) is 5.93. The molecule has 28 heavy (non-hydrogen) atoms. The predicted molar refractivity (Wildman–Crippen MR) is 113 cm³/mol. The fourth-order valence-corrected chi connectivity index (χ4v) is 4.17. The quantitative estimate of drug-likeness (QED) is 0.739. The highest BCUT2D eigenvalue weighted by Crippen LogP contribution is 2.24. The van der Waals surface area contributed by atoms with E-state index < -0.39 is 0 Å². The molecule has 4 rings (SSSR count). The molecule has 0 radical (unpaired) electrons. The Morgan fingerprint density at radius 3 is 2.86 bits per heavy atom. The molecule has 1 saturated heterocycles. The number of nitrogens with one attached hydrogen (secondary N) is 1. The van der Waals surface area contributed by atoms with E-state index in [0.717, 1.165) is 66.8 Å². The third-order valence-corrected chi connectivity index (χ3v) is 5.93. The molecule has 0 unspecified atom stereocenters. The second-order valence-electron chi connectivity index (χ2n) is 7.77. The summed E-state index contributed by atoms with van der Waals surface area (Å²) in [4.78, 5) is 25.4. The number of piperidine rings is 1. The maximum atomic E-state index is 13.2. The number of hydrogen-bond donors (Lipinski definition) is 1. The second kappa shape index (κ2) is 8.15. The van der Waals surface area contributed by atoms with Crippen molar-refractivity contribution in [3.05, 3.63) is 65.6 Å². The lowest BCUT2D eigenvalue weighted by Gasteiger charge is -2.37. The number of likely N-dealkylation sites (tertiary alicyclic amines) is 1. The van der Waals surface area contributed by atoms with Gasteiger partial charge in [0.15, 0.2) is 0 Å². The molecule has 5 nitrogen and oxygen atoms in total. The number of aromatic nitrogens is 2. The molecule has 0 aliphatic carbocycles. The summed E-state index contributed by atoms with van der Waals surface area (Å²) in [7, 11) is 2.16. The van der Waals surface area contributed by atoms with Crippen LogP contribution in [0.15, 0.2) is 48.7 Å². The molecule has 3 aromatic rings. The molecular weight excluding hydrogens is 348 g/mol. The first-order chi connectivity index (χ1) is 13.6. The van der Waals surface area contributed by atoms with Gasteiger partial charge in [0.05, 0.1) is 0 Å². The Balaban J connectivity index is 1.42. The number of carbonyl (C=O) groups is 1. The zero-order valence-electron chi connectivity index (χ0n) is 16.7. The van der Waals surface area contributed by atoms with Gasteiger partial charge >= 0.3 is 0 Å². The summed E-state index contributed by atoms with van der Waals surface area (Å²) < 4.78 is 0. The number of rotatable bonds is 5. The Morgan fingerprint density at radius 1 is 1.25 bits per heavy atom. The van der Waals surface area contributed by atoms with Crippen molar-refractivity contribution in [2.24, 2.45) is 0 Å². The van der Waals surface area contributed by atoms with Crippen molar-refractivity contribution < 1.29 is 4.79 Å². The van der Waals surface area contributed by atoms with Gasteiger partial charge in [-0.1, -0.05) is 24.3 Å². The highest BCUT2D eigenvalue weighted by Gasteiger charge is 2.28. The van der Waals surface area contributed by atoms with E-state index in [1.165, 1.54) is 0 Å². The highest BCUT2D eigenvalue weighted by atomic mass is 16.2. The molecule has 0 bridgehead atoms. The van der Waals surface area contributed by atoms with Gasteiger partial charge in [-0.2, -0.15) is 0 Å². The van der Waals surface area contributed by atoms with Crippen LogP contribution >= 0.6 is 0 Å². The van der Waals surface area contributed by atoms with Gasteiger partial charge in [0.2, 0.25) is 0 Å². The van der Waals surface area contributed by atoms with Crippen LogP contribution in [0.25, 0.3) is 10.9 Å². The van der Waals surface area contributed by atoms with Crippen molar-refractivity contribution in [2.45, 2.75) is 32.2 Å². The molecule has 1 N–H and O–H groups in total. The number of nitrogens with zero attached hydrogens (tertiary/aromatic N) is 3. The lowest BCUT2D eigenvalue weighted by molar-refractivity contribution is 0.0606. The molecule has 1 aliphatic rings.